The summed E-state index contributed by atoms with van der Waals surface area (Å²) in [4.78, 5) is 15.2. The number of imidazole rings is 1. The van der Waals surface area contributed by atoms with E-state index in [4.69, 9.17) is 5.73 Å². The second kappa shape index (κ2) is 4.62. The van der Waals surface area contributed by atoms with Crippen molar-refractivity contribution in [1.29, 1.82) is 0 Å². The topological polar surface area (TPSA) is 80.5 Å². The third-order valence-electron chi connectivity index (χ3n) is 2.16. The molecule has 0 aliphatic carbocycles. The van der Waals surface area contributed by atoms with Gasteiger partial charge in [0.1, 0.15) is 5.52 Å². The van der Waals surface area contributed by atoms with E-state index in [1.54, 1.807) is 6.33 Å². The lowest BCUT2D eigenvalue weighted by atomic mass is 10.2. The van der Waals surface area contributed by atoms with E-state index in [2.05, 4.69) is 38.7 Å². The zero-order valence-electron chi connectivity index (χ0n) is 9.12. The van der Waals surface area contributed by atoms with E-state index in [1.807, 2.05) is 0 Å². The first-order valence-electron chi connectivity index (χ1n) is 5.26. The van der Waals surface area contributed by atoms with Crippen molar-refractivity contribution in [1.82, 2.24) is 19.9 Å². The number of H-pyrrole nitrogens is 1. The van der Waals surface area contributed by atoms with Crippen LogP contribution in [0.3, 0.4) is 0 Å². The molecule has 0 unspecified atom stereocenters. The number of hydrogen-bond acceptors (Lipinski definition) is 4. The Labute approximate surface area is 93.5 Å². The molecule has 16 heavy (non-hydrogen) atoms. The molecule has 0 saturated heterocycles. The molecule has 0 aliphatic heterocycles. The Hall–Kier alpha value is -2.09. The van der Waals surface area contributed by atoms with Gasteiger partial charge in [-0.3, -0.25) is 0 Å². The highest BCUT2D eigenvalue weighted by Crippen LogP contribution is 2.11. The number of aromatic nitrogens is 4. The Morgan fingerprint density at radius 2 is 2.31 bits per heavy atom. The highest BCUT2D eigenvalue weighted by atomic mass is 15.0. The molecule has 2 heterocycles. The van der Waals surface area contributed by atoms with Crippen LogP contribution in [0.15, 0.2) is 6.33 Å². The average molecular weight is 215 g/mol. The number of unbranched alkanes of at least 4 members (excludes halogenated alkanes) is 2. The maximum atomic E-state index is 5.73. The Morgan fingerprint density at radius 3 is 3.12 bits per heavy atom. The zero-order chi connectivity index (χ0) is 11.4. The van der Waals surface area contributed by atoms with Gasteiger partial charge >= 0.3 is 0 Å². The van der Waals surface area contributed by atoms with Gasteiger partial charge in [0.25, 0.3) is 0 Å². The first-order valence-corrected chi connectivity index (χ1v) is 5.26. The van der Waals surface area contributed by atoms with Gasteiger partial charge in [0.05, 0.1) is 6.33 Å². The Balaban J connectivity index is 2.26. The summed E-state index contributed by atoms with van der Waals surface area (Å²) in [6.07, 6.45) is 4.64. The van der Waals surface area contributed by atoms with Crippen LogP contribution in [0.1, 0.15) is 32.0 Å². The maximum absolute atomic E-state index is 5.73. The molecule has 0 fully saturated rings. The third-order valence-corrected chi connectivity index (χ3v) is 2.16. The van der Waals surface area contributed by atoms with Crippen molar-refractivity contribution in [3.63, 3.8) is 0 Å². The van der Waals surface area contributed by atoms with Crippen molar-refractivity contribution < 1.29 is 0 Å². The lowest BCUT2D eigenvalue weighted by Crippen LogP contribution is -1.97. The lowest BCUT2D eigenvalue weighted by molar-refractivity contribution is 0.828. The monoisotopic (exact) mass is 215 g/mol. The molecule has 0 saturated carbocycles. The lowest BCUT2D eigenvalue weighted by Gasteiger charge is -1.94. The summed E-state index contributed by atoms with van der Waals surface area (Å²) in [6.45, 7) is 2.13. The predicted octanol–water partition coefficient (Wildman–Crippen LogP) is 1.48. The Kier molecular flexibility index (Phi) is 3.01. The largest absolute Gasteiger partial charge is 0.382 e. The highest BCUT2D eigenvalue weighted by Gasteiger charge is 2.04. The van der Waals surface area contributed by atoms with Crippen molar-refractivity contribution in [2.24, 2.45) is 0 Å². The van der Waals surface area contributed by atoms with Crippen molar-refractivity contribution >= 4 is 17.0 Å². The molecular weight excluding hydrogens is 202 g/mol. The van der Waals surface area contributed by atoms with Crippen molar-refractivity contribution in [2.75, 3.05) is 5.73 Å². The molecule has 0 amide bonds. The predicted molar refractivity (Wildman–Crippen MR) is 62.5 cm³/mol. The molecule has 2 aromatic rings. The summed E-state index contributed by atoms with van der Waals surface area (Å²) in [7, 11) is 0. The van der Waals surface area contributed by atoms with Crippen molar-refractivity contribution in [3.05, 3.63) is 12.2 Å². The number of nitrogens with two attached hydrogens (primary N) is 1. The summed E-state index contributed by atoms with van der Waals surface area (Å²) in [5, 5.41) is 0. The zero-order valence-corrected chi connectivity index (χ0v) is 9.12. The third kappa shape index (κ3) is 2.11. The SMILES string of the molecule is CCCCC#Cc1nc(N)c2nc[nH]c2n1. The number of rotatable bonds is 2. The number of hydrogen-bond donors (Lipinski definition) is 2. The van der Waals surface area contributed by atoms with Crippen LogP contribution >= 0.6 is 0 Å². The smallest absolute Gasteiger partial charge is 0.208 e. The van der Waals surface area contributed by atoms with E-state index < -0.39 is 0 Å². The van der Waals surface area contributed by atoms with E-state index in [-0.39, 0.29) is 0 Å². The molecule has 0 aromatic carbocycles. The second-order valence-electron chi connectivity index (χ2n) is 3.44. The molecule has 2 rings (SSSR count). The van der Waals surface area contributed by atoms with Gasteiger partial charge in [0.15, 0.2) is 11.5 Å². The molecule has 5 heteroatoms. The molecule has 3 N–H and O–H groups in total. The number of nitrogen functional groups attached to an aromatic ring is 1. The van der Waals surface area contributed by atoms with Crippen LogP contribution in [-0.4, -0.2) is 19.9 Å². The van der Waals surface area contributed by atoms with Gasteiger partial charge in [-0.05, 0) is 12.3 Å². The molecule has 0 radical (unpaired) electrons. The van der Waals surface area contributed by atoms with E-state index >= 15 is 0 Å². The quantitative estimate of drug-likeness (QED) is 0.587. The standard InChI is InChI=1S/C11H13N5/c1-2-3-4-5-6-8-15-10(12)9-11(16-8)14-7-13-9/h7H,2-4H2,1H3,(H3,12,13,14,15,16). The van der Waals surface area contributed by atoms with Crippen molar-refractivity contribution in [2.45, 2.75) is 26.2 Å². The van der Waals surface area contributed by atoms with Gasteiger partial charge in [0.2, 0.25) is 5.82 Å². The molecule has 5 nitrogen and oxygen atoms in total. The van der Waals surface area contributed by atoms with Gasteiger partial charge < -0.3 is 10.7 Å². The normalized spacial score (nSPS) is 10.1. The van der Waals surface area contributed by atoms with Crippen LogP contribution < -0.4 is 5.73 Å². The van der Waals surface area contributed by atoms with Gasteiger partial charge in [0, 0.05) is 6.42 Å². The number of fused-ring (bicyclic) bond motifs is 1. The van der Waals surface area contributed by atoms with Crippen LogP contribution in [0, 0.1) is 11.8 Å². The molecule has 0 atom stereocenters. The van der Waals surface area contributed by atoms with E-state index in [9.17, 15) is 0 Å². The minimum absolute atomic E-state index is 0.367. The summed E-state index contributed by atoms with van der Waals surface area (Å²) in [5.41, 5.74) is 6.96. The molecular formula is C11H13N5. The maximum Gasteiger partial charge on any atom is 0.208 e. The molecule has 0 spiro atoms. The van der Waals surface area contributed by atoms with Crippen LogP contribution in [0.2, 0.25) is 0 Å². The molecule has 2 aromatic heterocycles. The van der Waals surface area contributed by atoms with Gasteiger partial charge in [-0.25, -0.2) is 15.0 Å². The molecule has 0 bridgehead atoms. The average Bonchev–Trinajstić information content (AvgIpc) is 2.73. The summed E-state index contributed by atoms with van der Waals surface area (Å²) < 4.78 is 0. The Morgan fingerprint density at radius 1 is 1.44 bits per heavy atom. The van der Waals surface area contributed by atoms with Crippen LogP contribution in [-0.2, 0) is 0 Å². The van der Waals surface area contributed by atoms with Crippen LogP contribution in [0.25, 0.3) is 11.2 Å². The second-order valence-corrected chi connectivity index (χ2v) is 3.44. The summed E-state index contributed by atoms with van der Waals surface area (Å²) in [6, 6.07) is 0. The fourth-order valence-corrected chi connectivity index (χ4v) is 1.32. The van der Waals surface area contributed by atoms with E-state index in [1.165, 1.54) is 0 Å². The van der Waals surface area contributed by atoms with Crippen LogP contribution in [0.5, 0.6) is 0 Å². The van der Waals surface area contributed by atoms with E-state index in [0.29, 0.717) is 22.8 Å². The van der Waals surface area contributed by atoms with Gasteiger partial charge in [-0.15, -0.1) is 0 Å². The molecule has 82 valence electrons. The number of nitrogens with one attached hydrogen (secondary N) is 1. The minimum Gasteiger partial charge on any atom is -0.382 e. The van der Waals surface area contributed by atoms with Crippen LogP contribution in [0.4, 0.5) is 5.82 Å². The summed E-state index contributed by atoms with van der Waals surface area (Å²) in [5.74, 6) is 6.74. The van der Waals surface area contributed by atoms with Gasteiger partial charge in [-0.2, -0.15) is 0 Å². The van der Waals surface area contributed by atoms with Gasteiger partial charge in [-0.1, -0.05) is 19.3 Å². The number of aromatic amines is 1. The highest BCUT2D eigenvalue weighted by molar-refractivity contribution is 5.81. The fourth-order valence-electron chi connectivity index (χ4n) is 1.32. The van der Waals surface area contributed by atoms with E-state index in [0.717, 1.165) is 19.3 Å². The number of nitrogens with zero attached hydrogens (tertiary/aromatic N) is 3. The first-order chi connectivity index (χ1) is 7.81. The number of anilines is 1. The fraction of sp³-hybridized carbons (Fsp3) is 0.364. The minimum atomic E-state index is 0.367. The first kappa shape index (κ1) is 10.4. The summed E-state index contributed by atoms with van der Waals surface area (Å²) >= 11 is 0. The Bertz CT molecular complexity index is 546. The molecule has 0 aliphatic rings. The van der Waals surface area contributed by atoms with Crippen molar-refractivity contribution in [3.8, 4) is 11.8 Å².